The van der Waals surface area contributed by atoms with Gasteiger partial charge in [0.05, 0.1) is 12.4 Å². The molecule has 2 aliphatic carbocycles. The first-order valence-electron chi connectivity index (χ1n) is 9.43. The van der Waals surface area contributed by atoms with Gasteiger partial charge in [0.15, 0.2) is 0 Å². The van der Waals surface area contributed by atoms with Crippen molar-refractivity contribution in [2.75, 3.05) is 18.6 Å². The van der Waals surface area contributed by atoms with Gasteiger partial charge in [0.25, 0.3) is 0 Å². The third-order valence-corrected chi connectivity index (χ3v) is 5.72. The second kappa shape index (κ2) is 7.66. The summed E-state index contributed by atoms with van der Waals surface area (Å²) in [5.41, 5.74) is 0.372. The summed E-state index contributed by atoms with van der Waals surface area (Å²) < 4.78 is 33.8. The van der Waals surface area contributed by atoms with E-state index in [1.54, 1.807) is 19.9 Å². The molecule has 1 amide bonds. The van der Waals surface area contributed by atoms with E-state index in [1.807, 2.05) is 6.07 Å². The summed E-state index contributed by atoms with van der Waals surface area (Å²) in [6, 6.07) is 3.60. The lowest BCUT2D eigenvalue weighted by atomic mass is 10.0. The van der Waals surface area contributed by atoms with Gasteiger partial charge in [0.2, 0.25) is 11.8 Å². The zero-order chi connectivity index (χ0) is 19.7. The maximum atomic E-state index is 12.2. The van der Waals surface area contributed by atoms with Crippen LogP contribution in [-0.4, -0.2) is 43.6 Å². The van der Waals surface area contributed by atoms with E-state index in [4.69, 9.17) is 9.47 Å². The van der Waals surface area contributed by atoms with Crippen molar-refractivity contribution in [3.8, 4) is 11.8 Å². The molecule has 27 heavy (non-hydrogen) atoms. The van der Waals surface area contributed by atoms with Gasteiger partial charge in [0.1, 0.15) is 9.84 Å². The van der Waals surface area contributed by atoms with Crippen LogP contribution in [0.25, 0.3) is 0 Å². The Morgan fingerprint density at radius 3 is 2.56 bits per heavy atom. The Kier molecular flexibility index (Phi) is 5.65. The third kappa shape index (κ3) is 6.68. The van der Waals surface area contributed by atoms with E-state index < -0.39 is 21.5 Å². The molecule has 1 aromatic rings. The van der Waals surface area contributed by atoms with Crippen LogP contribution in [0.5, 0.6) is 11.8 Å². The van der Waals surface area contributed by atoms with Crippen molar-refractivity contribution in [1.82, 2.24) is 10.3 Å². The Bertz CT molecular complexity index is 798. The van der Waals surface area contributed by atoms with Gasteiger partial charge >= 0.3 is 6.09 Å². The van der Waals surface area contributed by atoms with Crippen molar-refractivity contribution < 1.29 is 22.7 Å². The lowest BCUT2D eigenvalue weighted by molar-refractivity contribution is 0.185. The third-order valence-electron chi connectivity index (χ3n) is 4.77. The van der Waals surface area contributed by atoms with Gasteiger partial charge in [-0.15, -0.1) is 0 Å². The Labute approximate surface area is 160 Å². The summed E-state index contributed by atoms with van der Waals surface area (Å²) in [5, 5.41) is 2.70. The predicted molar refractivity (Wildman–Crippen MR) is 102 cm³/mol. The fourth-order valence-electron chi connectivity index (χ4n) is 2.69. The van der Waals surface area contributed by atoms with Crippen LogP contribution in [0.15, 0.2) is 12.1 Å². The van der Waals surface area contributed by atoms with E-state index >= 15 is 0 Å². The summed E-state index contributed by atoms with van der Waals surface area (Å²) >= 11 is 0. The molecule has 2 aliphatic rings. The molecule has 0 unspecified atom stereocenters. The second-order valence-corrected chi connectivity index (χ2v) is 10.6. The molecule has 0 spiro atoms. The van der Waals surface area contributed by atoms with E-state index in [0.717, 1.165) is 18.4 Å². The highest BCUT2D eigenvalue weighted by molar-refractivity contribution is 7.90. The standard InChI is InChI=1S/C19H28N2O5S/c1-19(2,10-11-27(3,23)24)21-18(22)26-16-9-8-15(14-6-7-14)17(20-16)25-12-13-4-5-13/h8-9,13-14H,4-7,10-12H2,1-3H3,(H,21,22). The molecule has 7 nitrogen and oxygen atoms in total. The molecule has 0 atom stereocenters. The number of nitrogens with one attached hydrogen (secondary N) is 1. The Balaban J connectivity index is 1.60. The zero-order valence-electron chi connectivity index (χ0n) is 16.2. The van der Waals surface area contributed by atoms with Crippen molar-refractivity contribution in [2.24, 2.45) is 5.92 Å². The van der Waals surface area contributed by atoms with E-state index in [2.05, 4.69) is 10.3 Å². The van der Waals surface area contributed by atoms with Crippen LogP contribution in [0.1, 0.15) is 57.4 Å². The normalized spacial score (nSPS) is 17.4. The minimum absolute atomic E-state index is 0.00618. The first kappa shape index (κ1) is 19.9. The van der Waals surface area contributed by atoms with Crippen LogP contribution < -0.4 is 14.8 Å². The number of carbonyl (C=O) groups excluding carboxylic acids is 1. The van der Waals surface area contributed by atoms with Gasteiger partial charge < -0.3 is 14.8 Å². The molecule has 0 bridgehead atoms. The number of hydrogen-bond donors (Lipinski definition) is 1. The van der Waals surface area contributed by atoms with Crippen molar-refractivity contribution >= 4 is 15.9 Å². The van der Waals surface area contributed by atoms with Gasteiger partial charge in [-0.1, -0.05) is 0 Å². The summed E-state index contributed by atoms with van der Waals surface area (Å²) in [6.07, 6.45) is 5.47. The maximum absolute atomic E-state index is 12.2. The molecule has 3 rings (SSSR count). The molecule has 8 heteroatoms. The topological polar surface area (TPSA) is 94.6 Å². The number of carbonyl (C=O) groups is 1. The molecule has 1 N–H and O–H groups in total. The van der Waals surface area contributed by atoms with Crippen molar-refractivity contribution in [2.45, 2.75) is 57.4 Å². The van der Waals surface area contributed by atoms with Gasteiger partial charge in [-0.3, -0.25) is 0 Å². The highest BCUT2D eigenvalue weighted by Crippen LogP contribution is 2.44. The first-order chi connectivity index (χ1) is 12.6. The molecular weight excluding hydrogens is 368 g/mol. The number of pyridine rings is 1. The number of rotatable bonds is 9. The molecule has 1 heterocycles. The fourth-order valence-corrected chi connectivity index (χ4v) is 3.57. The summed E-state index contributed by atoms with van der Waals surface area (Å²) in [4.78, 5) is 16.6. The van der Waals surface area contributed by atoms with Gasteiger partial charge in [0, 0.05) is 23.4 Å². The Hall–Kier alpha value is -1.83. The zero-order valence-corrected chi connectivity index (χ0v) is 17.0. The second-order valence-electron chi connectivity index (χ2n) is 8.35. The SMILES string of the molecule is CC(C)(CCS(C)(=O)=O)NC(=O)Oc1ccc(C2CC2)c(OCC2CC2)n1. The summed E-state index contributed by atoms with van der Waals surface area (Å²) in [5.74, 6) is 1.84. The Morgan fingerprint density at radius 1 is 1.26 bits per heavy atom. The predicted octanol–water partition coefficient (Wildman–Crippen LogP) is 3.05. The number of sulfone groups is 1. The van der Waals surface area contributed by atoms with Crippen LogP contribution in [0.3, 0.4) is 0 Å². The maximum Gasteiger partial charge on any atom is 0.414 e. The van der Waals surface area contributed by atoms with E-state index in [0.29, 0.717) is 30.7 Å². The average Bonchev–Trinajstić information content (AvgIpc) is 3.44. The monoisotopic (exact) mass is 396 g/mol. The van der Waals surface area contributed by atoms with Crippen LogP contribution in [-0.2, 0) is 9.84 Å². The number of nitrogens with zero attached hydrogens (tertiary/aromatic N) is 1. The smallest absolute Gasteiger partial charge is 0.414 e. The molecule has 1 aromatic heterocycles. The summed E-state index contributed by atoms with van der Waals surface area (Å²) in [6.45, 7) is 4.17. The van der Waals surface area contributed by atoms with E-state index in [-0.39, 0.29) is 11.6 Å². The minimum atomic E-state index is -3.09. The molecular formula is C19H28N2O5S. The molecule has 0 radical (unpaired) electrons. The van der Waals surface area contributed by atoms with E-state index in [9.17, 15) is 13.2 Å². The Morgan fingerprint density at radius 2 is 1.96 bits per heavy atom. The van der Waals surface area contributed by atoms with E-state index in [1.165, 1.54) is 19.1 Å². The average molecular weight is 397 g/mol. The first-order valence-corrected chi connectivity index (χ1v) is 11.5. The highest BCUT2D eigenvalue weighted by atomic mass is 32.2. The largest absolute Gasteiger partial charge is 0.477 e. The van der Waals surface area contributed by atoms with Crippen LogP contribution in [0.2, 0.25) is 0 Å². The number of ether oxygens (including phenoxy) is 2. The molecule has 0 aliphatic heterocycles. The van der Waals surface area contributed by atoms with Crippen molar-refractivity contribution in [3.05, 3.63) is 17.7 Å². The lowest BCUT2D eigenvalue weighted by Gasteiger charge is -2.25. The van der Waals surface area contributed by atoms with Gasteiger partial charge in [-0.25, -0.2) is 13.2 Å². The van der Waals surface area contributed by atoms with Crippen LogP contribution in [0, 0.1) is 5.92 Å². The van der Waals surface area contributed by atoms with Crippen molar-refractivity contribution in [1.29, 1.82) is 0 Å². The molecule has 0 aromatic carbocycles. The quantitative estimate of drug-likeness (QED) is 0.689. The van der Waals surface area contributed by atoms with Gasteiger partial charge in [-0.2, -0.15) is 4.98 Å². The molecule has 0 saturated heterocycles. The van der Waals surface area contributed by atoms with Crippen LogP contribution >= 0.6 is 0 Å². The fraction of sp³-hybridized carbons (Fsp3) is 0.684. The molecule has 150 valence electrons. The van der Waals surface area contributed by atoms with Crippen molar-refractivity contribution in [3.63, 3.8) is 0 Å². The number of hydrogen-bond acceptors (Lipinski definition) is 6. The highest BCUT2D eigenvalue weighted by Gasteiger charge is 2.30. The number of amides is 1. The van der Waals surface area contributed by atoms with Crippen LogP contribution in [0.4, 0.5) is 4.79 Å². The van der Waals surface area contributed by atoms with Gasteiger partial charge in [-0.05, 0) is 63.9 Å². The molecule has 2 saturated carbocycles. The number of aromatic nitrogens is 1. The lowest BCUT2D eigenvalue weighted by Crippen LogP contribution is -2.45. The molecule has 2 fully saturated rings. The minimum Gasteiger partial charge on any atom is -0.477 e. The summed E-state index contributed by atoms with van der Waals surface area (Å²) in [7, 11) is -3.09.